The fourth-order valence-electron chi connectivity index (χ4n) is 2.99. The average Bonchev–Trinajstić information content (AvgIpc) is 3.24. The third kappa shape index (κ3) is 3.99. The van der Waals surface area contributed by atoms with E-state index in [0.29, 0.717) is 13.1 Å². The first-order valence-electron chi connectivity index (χ1n) is 8.29. The molecule has 0 unspecified atom stereocenters. The van der Waals surface area contributed by atoms with E-state index in [0.717, 1.165) is 11.4 Å². The van der Waals surface area contributed by atoms with Crippen LogP contribution < -0.4 is 15.0 Å². The summed E-state index contributed by atoms with van der Waals surface area (Å²) in [6.07, 6.45) is 3.79. The zero-order valence-electron chi connectivity index (χ0n) is 14.4. The Hall–Kier alpha value is -2.83. The van der Waals surface area contributed by atoms with Gasteiger partial charge in [-0.2, -0.15) is 5.10 Å². The summed E-state index contributed by atoms with van der Waals surface area (Å²) in [6.45, 7) is 2.92. The van der Waals surface area contributed by atoms with Gasteiger partial charge in [0.15, 0.2) is 0 Å². The minimum absolute atomic E-state index is 0.0370. The quantitative estimate of drug-likeness (QED) is 0.862. The van der Waals surface area contributed by atoms with Crippen LogP contribution in [0.1, 0.15) is 13.3 Å². The summed E-state index contributed by atoms with van der Waals surface area (Å²) in [6, 6.07) is 9.06. The summed E-state index contributed by atoms with van der Waals surface area (Å²) in [5.74, 6) is 0.265. The molecule has 0 spiro atoms. The van der Waals surface area contributed by atoms with Crippen LogP contribution in [0.25, 0.3) is 0 Å². The number of carbonyl (C=O) groups excluding carboxylic acids is 2. The molecule has 25 heavy (non-hydrogen) atoms. The highest BCUT2D eigenvalue weighted by molar-refractivity contribution is 6.00. The standard InChI is InChI=1S/C18H22N4O3/c1-13(11-21-9-3-8-19-21)20-18(24)14-10-17(23)22(12-14)15-4-6-16(25-2)7-5-15/h3-9,13-14H,10-12H2,1-2H3,(H,20,24)/t13-,14+/m0/s1. The van der Waals surface area contributed by atoms with E-state index in [1.54, 1.807) is 22.9 Å². The van der Waals surface area contributed by atoms with Crippen molar-refractivity contribution >= 4 is 17.5 Å². The molecule has 0 radical (unpaired) electrons. The number of rotatable bonds is 6. The van der Waals surface area contributed by atoms with Gasteiger partial charge in [0, 0.05) is 37.1 Å². The van der Waals surface area contributed by atoms with E-state index in [1.165, 1.54) is 0 Å². The number of benzene rings is 1. The van der Waals surface area contributed by atoms with Crippen molar-refractivity contribution in [1.29, 1.82) is 0 Å². The summed E-state index contributed by atoms with van der Waals surface area (Å²) in [4.78, 5) is 26.4. The molecule has 2 aromatic rings. The second-order valence-corrected chi connectivity index (χ2v) is 6.24. The van der Waals surface area contributed by atoms with Gasteiger partial charge in [0.25, 0.3) is 0 Å². The molecule has 0 aliphatic carbocycles. The second-order valence-electron chi connectivity index (χ2n) is 6.24. The molecule has 2 heterocycles. The van der Waals surface area contributed by atoms with Crippen molar-refractivity contribution in [2.75, 3.05) is 18.6 Å². The molecule has 1 saturated heterocycles. The zero-order valence-corrected chi connectivity index (χ0v) is 14.4. The number of hydrogen-bond donors (Lipinski definition) is 1. The number of carbonyl (C=O) groups is 2. The summed E-state index contributed by atoms with van der Waals surface area (Å²) >= 11 is 0. The van der Waals surface area contributed by atoms with Crippen LogP contribution in [0.3, 0.4) is 0 Å². The highest BCUT2D eigenvalue weighted by Crippen LogP contribution is 2.27. The van der Waals surface area contributed by atoms with Crippen LogP contribution in [-0.2, 0) is 16.1 Å². The number of hydrogen-bond acceptors (Lipinski definition) is 4. The Bertz CT molecular complexity index is 727. The SMILES string of the molecule is COc1ccc(N2C[C@H](C(=O)N[C@@H](C)Cn3cccn3)CC2=O)cc1. The summed E-state index contributed by atoms with van der Waals surface area (Å²) in [5, 5.41) is 7.10. The maximum atomic E-state index is 12.5. The van der Waals surface area contributed by atoms with Crippen molar-refractivity contribution in [3.63, 3.8) is 0 Å². The summed E-state index contributed by atoms with van der Waals surface area (Å²) in [5.41, 5.74) is 0.783. The van der Waals surface area contributed by atoms with Crippen LogP contribution in [-0.4, -0.2) is 41.3 Å². The molecule has 0 bridgehead atoms. The average molecular weight is 342 g/mol. The summed E-state index contributed by atoms with van der Waals surface area (Å²) in [7, 11) is 1.60. The van der Waals surface area contributed by atoms with Gasteiger partial charge in [-0.3, -0.25) is 14.3 Å². The second kappa shape index (κ2) is 7.38. The predicted molar refractivity (Wildman–Crippen MR) is 93.3 cm³/mol. The van der Waals surface area contributed by atoms with E-state index in [-0.39, 0.29) is 30.2 Å². The fourth-order valence-corrected chi connectivity index (χ4v) is 2.99. The topological polar surface area (TPSA) is 76.5 Å². The highest BCUT2D eigenvalue weighted by atomic mass is 16.5. The Morgan fingerprint density at radius 1 is 1.40 bits per heavy atom. The van der Waals surface area contributed by atoms with Crippen LogP contribution in [0.4, 0.5) is 5.69 Å². The first-order chi connectivity index (χ1) is 12.1. The summed E-state index contributed by atoms with van der Waals surface area (Å²) < 4.78 is 6.90. The van der Waals surface area contributed by atoms with E-state index >= 15 is 0 Å². The van der Waals surface area contributed by atoms with Gasteiger partial charge in [0.1, 0.15) is 5.75 Å². The molecule has 3 rings (SSSR count). The van der Waals surface area contributed by atoms with Crippen LogP contribution in [0.2, 0.25) is 0 Å². The van der Waals surface area contributed by atoms with Gasteiger partial charge in [-0.1, -0.05) is 0 Å². The lowest BCUT2D eigenvalue weighted by atomic mass is 10.1. The monoisotopic (exact) mass is 342 g/mol. The van der Waals surface area contributed by atoms with Crippen LogP contribution >= 0.6 is 0 Å². The van der Waals surface area contributed by atoms with Crippen molar-refractivity contribution < 1.29 is 14.3 Å². The fraction of sp³-hybridized carbons (Fsp3) is 0.389. The molecule has 1 N–H and O–H groups in total. The highest BCUT2D eigenvalue weighted by Gasteiger charge is 2.35. The largest absolute Gasteiger partial charge is 0.497 e. The molecule has 1 fully saturated rings. The van der Waals surface area contributed by atoms with E-state index in [4.69, 9.17) is 4.74 Å². The van der Waals surface area contributed by atoms with E-state index < -0.39 is 0 Å². The third-order valence-electron chi connectivity index (χ3n) is 4.29. The Morgan fingerprint density at radius 2 is 2.16 bits per heavy atom. The maximum Gasteiger partial charge on any atom is 0.227 e. The molecular formula is C18H22N4O3. The Morgan fingerprint density at radius 3 is 2.80 bits per heavy atom. The normalized spacial score (nSPS) is 18.2. The van der Waals surface area contributed by atoms with E-state index in [1.807, 2.05) is 43.5 Å². The van der Waals surface area contributed by atoms with Gasteiger partial charge in [0.05, 0.1) is 19.6 Å². The number of aromatic nitrogens is 2. The third-order valence-corrected chi connectivity index (χ3v) is 4.29. The number of nitrogens with zero attached hydrogens (tertiary/aromatic N) is 3. The van der Waals surface area contributed by atoms with E-state index in [2.05, 4.69) is 10.4 Å². The number of anilines is 1. The van der Waals surface area contributed by atoms with Crippen LogP contribution in [0, 0.1) is 5.92 Å². The molecule has 2 amide bonds. The molecule has 1 aromatic carbocycles. The Kier molecular flexibility index (Phi) is 5.02. The molecule has 132 valence electrons. The minimum Gasteiger partial charge on any atom is -0.497 e. The van der Waals surface area contributed by atoms with Gasteiger partial charge in [-0.15, -0.1) is 0 Å². The van der Waals surface area contributed by atoms with Gasteiger partial charge in [-0.05, 0) is 37.3 Å². The first-order valence-corrected chi connectivity index (χ1v) is 8.29. The van der Waals surface area contributed by atoms with Crippen molar-refractivity contribution in [3.8, 4) is 5.75 Å². The van der Waals surface area contributed by atoms with Crippen LogP contribution in [0.15, 0.2) is 42.7 Å². The van der Waals surface area contributed by atoms with Crippen molar-refractivity contribution in [2.24, 2.45) is 5.92 Å². The molecular weight excluding hydrogens is 320 g/mol. The molecule has 1 aliphatic rings. The molecule has 1 aromatic heterocycles. The predicted octanol–water partition coefficient (Wildman–Crippen LogP) is 1.45. The van der Waals surface area contributed by atoms with Gasteiger partial charge >= 0.3 is 0 Å². The molecule has 7 nitrogen and oxygen atoms in total. The lowest BCUT2D eigenvalue weighted by Gasteiger charge is -2.19. The minimum atomic E-state index is -0.338. The molecule has 7 heteroatoms. The number of amides is 2. The van der Waals surface area contributed by atoms with Crippen molar-refractivity contribution in [2.45, 2.75) is 25.9 Å². The van der Waals surface area contributed by atoms with E-state index in [9.17, 15) is 9.59 Å². The first kappa shape index (κ1) is 17.0. The lowest BCUT2D eigenvalue weighted by Crippen LogP contribution is -2.40. The maximum absolute atomic E-state index is 12.5. The van der Waals surface area contributed by atoms with Crippen molar-refractivity contribution in [1.82, 2.24) is 15.1 Å². The van der Waals surface area contributed by atoms with Crippen molar-refractivity contribution in [3.05, 3.63) is 42.7 Å². The Labute approximate surface area is 146 Å². The van der Waals surface area contributed by atoms with Gasteiger partial charge in [-0.25, -0.2) is 0 Å². The molecule has 2 atom stereocenters. The molecule has 0 saturated carbocycles. The Balaban J connectivity index is 1.58. The van der Waals surface area contributed by atoms with Crippen LogP contribution in [0.5, 0.6) is 5.75 Å². The molecule has 1 aliphatic heterocycles. The zero-order chi connectivity index (χ0) is 17.8. The number of nitrogens with one attached hydrogen (secondary N) is 1. The number of ether oxygens (including phenoxy) is 1. The number of methoxy groups -OCH3 is 1. The van der Waals surface area contributed by atoms with Gasteiger partial charge in [0.2, 0.25) is 11.8 Å². The lowest BCUT2D eigenvalue weighted by molar-refractivity contribution is -0.126. The van der Waals surface area contributed by atoms with Gasteiger partial charge < -0.3 is 15.0 Å². The smallest absolute Gasteiger partial charge is 0.227 e.